The maximum Gasteiger partial charge on any atom is 0.200 e. The molecule has 0 aliphatic carbocycles. The lowest BCUT2D eigenvalue weighted by Crippen LogP contribution is -2.10. The van der Waals surface area contributed by atoms with Gasteiger partial charge in [0, 0.05) is 13.1 Å². The molecule has 0 unspecified atom stereocenters. The highest BCUT2D eigenvalue weighted by Gasteiger charge is 2.12. The zero-order valence-electron chi connectivity index (χ0n) is 15.0. The van der Waals surface area contributed by atoms with Gasteiger partial charge in [0.25, 0.3) is 0 Å². The normalized spacial score (nSPS) is 11.0. The van der Waals surface area contributed by atoms with Crippen LogP contribution in [0.1, 0.15) is 6.42 Å². The Morgan fingerprint density at radius 3 is 1.44 bits per heavy atom. The molecule has 0 aliphatic heterocycles. The fourth-order valence-corrected chi connectivity index (χ4v) is 3.32. The Labute approximate surface area is 158 Å². The first-order valence-corrected chi connectivity index (χ1v) is 8.97. The topological polar surface area (TPSA) is 87.7 Å². The van der Waals surface area contributed by atoms with Crippen molar-refractivity contribution in [1.82, 2.24) is 19.1 Å². The maximum atomic E-state index is 6.10. The molecule has 2 aromatic heterocycles. The Bertz CT molecular complexity index is 934. The van der Waals surface area contributed by atoms with Crippen molar-refractivity contribution in [2.75, 3.05) is 11.5 Å². The second-order valence-electron chi connectivity index (χ2n) is 6.39. The number of anilines is 2. The molecule has 0 radical (unpaired) electrons. The summed E-state index contributed by atoms with van der Waals surface area (Å²) in [5.41, 5.74) is 16.5. The standard InChI is InChI=1S/C21H22N6/c22-20-24-14-18(16-8-3-1-4-9-16)26(20)12-7-13-27-19(15-25-21(27)23)17-10-5-2-6-11-17/h1-6,8-11,14-15H,7,12-13H2,(H2,22,24)(H2,23,25). The van der Waals surface area contributed by atoms with Crippen molar-refractivity contribution >= 4 is 11.9 Å². The lowest BCUT2D eigenvalue weighted by atomic mass is 10.1. The number of aromatic nitrogens is 4. The summed E-state index contributed by atoms with van der Waals surface area (Å²) in [7, 11) is 0. The Morgan fingerprint density at radius 1 is 0.630 bits per heavy atom. The molecule has 4 rings (SSSR count). The molecule has 27 heavy (non-hydrogen) atoms. The van der Waals surface area contributed by atoms with E-state index in [4.69, 9.17) is 11.5 Å². The van der Waals surface area contributed by atoms with E-state index in [1.54, 1.807) is 0 Å². The first-order chi connectivity index (χ1) is 13.2. The Morgan fingerprint density at radius 2 is 1.04 bits per heavy atom. The van der Waals surface area contributed by atoms with E-state index in [9.17, 15) is 0 Å². The summed E-state index contributed by atoms with van der Waals surface area (Å²) in [6, 6.07) is 20.3. The van der Waals surface area contributed by atoms with Gasteiger partial charge < -0.3 is 20.6 Å². The van der Waals surface area contributed by atoms with Crippen molar-refractivity contribution in [3.8, 4) is 22.5 Å². The molecule has 6 nitrogen and oxygen atoms in total. The summed E-state index contributed by atoms with van der Waals surface area (Å²) in [4.78, 5) is 8.58. The van der Waals surface area contributed by atoms with Crippen LogP contribution in [0.3, 0.4) is 0 Å². The second-order valence-corrected chi connectivity index (χ2v) is 6.39. The van der Waals surface area contributed by atoms with Gasteiger partial charge in [0.05, 0.1) is 23.8 Å². The molecule has 0 atom stereocenters. The third-order valence-corrected chi connectivity index (χ3v) is 4.68. The molecule has 0 bridgehead atoms. The van der Waals surface area contributed by atoms with E-state index in [2.05, 4.69) is 34.2 Å². The van der Waals surface area contributed by atoms with Gasteiger partial charge in [0.15, 0.2) is 0 Å². The summed E-state index contributed by atoms with van der Waals surface area (Å²) in [5, 5.41) is 0. The molecule has 0 amide bonds. The van der Waals surface area contributed by atoms with E-state index in [-0.39, 0.29) is 0 Å². The van der Waals surface area contributed by atoms with Gasteiger partial charge in [0.1, 0.15) is 0 Å². The van der Waals surface area contributed by atoms with Gasteiger partial charge >= 0.3 is 0 Å². The molecule has 0 aliphatic rings. The van der Waals surface area contributed by atoms with E-state index in [1.807, 2.05) is 57.9 Å². The van der Waals surface area contributed by atoms with Gasteiger partial charge in [-0.1, -0.05) is 60.7 Å². The van der Waals surface area contributed by atoms with Crippen molar-refractivity contribution in [1.29, 1.82) is 0 Å². The number of rotatable bonds is 6. The third kappa shape index (κ3) is 3.42. The Kier molecular flexibility index (Phi) is 4.61. The Balaban J connectivity index is 1.52. The van der Waals surface area contributed by atoms with Crippen molar-refractivity contribution in [2.24, 2.45) is 0 Å². The Hall–Kier alpha value is -3.54. The minimum atomic E-state index is 0.524. The van der Waals surface area contributed by atoms with Gasteiger partial charge in [0.2, 0.25) is 11.9 Å². The fraction of sp³-hybridized carbons (Fsp3) is 0.143. The molecular formula is C21H22N6. The molecule has 0 saturated carbocycles. The second kappa shape index (κ2) is 7.37. The third-order valence-electron chi connectivity index (χ3n) is 4.68. The van der Waals surface area contributed by atoms with Crippen LogP contribution in [-0.2, 0) is 13.1 Å². The predicted octanol–water partition coefficient (Wildman–Crippen LogP) is 3.67. The zero-order chi connectivity index (χ0) is 18.6. The number of hydrogen-bond donors (Lipinski definition) is 2. The number of nitrogens with two attached hydrogens (primary N) is 2. The predicted molar refractivity (Wildman–Crippen MR) is 109 cm³/mol. The van der Waals surface area contributed by atoms with Crippen LogP contribution in [0.2, 0.25) is 0 Å². The van der Waals surface area contributed by atoms with Crippen LogP contribution in [0, 0.1) is 0 Å². The molecule has 2 heterocycles. The summed E-state index contributed by atoms with van der Waals surface area (Å²) in [6.07, 6.45) is 4.51. The van der Waals surface area contributed by atoms with Crippen LogP contribution in [0.5, 0.6) is 0 Å². The molecular weight excluding hydrogens is 336 g/mol. The lowest BCUT2D eigenvalue weighted by molar-refractivity contribution is 0.577. The van der Waals surface area contributed by atoms with E-state index in [1.165, 1.54) is 0 Å². The molecule has 2 aromatic carbocycles. The minimum Gasteiger partial charge on any atom is -0.369 e. The van der Waals surface area contributed by atoms with E-state index in [0.717, 1.165) is 42.0 Å². The molecule has 4 aromatic rings. The van der Waals surface area contributed by atoms with Gasteiger partial charge in [-0.3, -0.25) is 0 Å². The molecule has 4 N–H and O–H groups in total. The average molecular weight is 358 g/mol. The van der Waals surface area contributed by atoms with E-state index in [0.29, 0.717) is 11.9 Å². The monoisotopic (exact) mass is 358 g/mol. The number of nitrogen functional groups attached to an aromatic ring is 2. The molecule has 0 saturated heterocycles. The smallest absolute Gasteiger partial charge is 0.200 e. The van der Waals surface area contributed by atoms with Crippen LogP contribution in [0.15, 0.2) is 73.1 Å². The SMILES string of the molecule is Nc1ncc(-c2ccccc2)n1CCCn1c(-c2ccccc2)cnc1N. The number of benzene rings is 2. The fourth-order valence-electron chi connectivity index (χ4n) is 3.32. The van der Waals surface area contributed by atoms with Crippen molar-refractivity contribution in [2.45, 2.75) is 19.5 Å². The van der Waals surface area contributed by atoms with E-state index < -0.39 is 0 Å². The van der Waals surface area contributed by atoms with Crippen LogP contribution < -0.4 is 11.5 Å². The van der Waals surface area contributed by atoms with Gasteiger partial charge in [-0.25, -0.2) is 9.97 Å². The maximum absolute atomic E-state index is 6.10. The highest BCUT2D eigenvalue weighted by Crippen LogP contribution is 2.24. The van der Waals surface area contributed by atoms with Gasteiger partial charge in [-0.05, 0) is 17.5 Å². The quantitative estimate of drug-likeness (QED) is 0.550. The largest absolute Gasteiger partial charge is 0.369 e. The van der Waals surface area contributed by atoms with Crippen LogP contribution >= 0.6 is 0 Å². The van der Waals surface area contributed by atoms with Crippen molar-refractivity contribution < 1.29 is 0 Å². The van der Waals surface area contributed by atoms with E-state index >= 15 is 0 Å². The van der Waals surface area contributed by atoms with Crippen molar-refractivity contribution in [3.05, 3.63) is 73.1 Å². The summed E-state index contributed by atoms with van der Waals surface area (Å²) in [6.45, 7) is 1.50. The first-order valence-electron chi connectivity index (χ1n) is 8.97. The lowest BCUT2D eigenvalue weighted by Gasteiger charge is -2.13. The van der Waals surface area contributed by atoms with Gasteiger partial charge in [-0.15, -0.1) is 0 Å². The first kappa shape index (κ1) is 16.9. The van der Waals surface area contributed by atoms with Crippen LogP contribution in [0.25, 0.3) is 22.5 Å². The molecule has 6 heteroatoms. The average Bonchev–Trinajstić information content (AvgIpc) is 3.26. The summed E-state index contributed by atoms with van der Waals surface area (Å²) < 4.78 is 4.09. The zero-order valence-corrected chi connectivity index (χ0v) is 15.0. The van der Waals surface area contributed by atoms with Gasteiger partial charge in [-0.2, -0.15) is 0 Å². The van der Waals surface area contributed by atoms with Crippen molar-refractivity contribution in [3.63, 3.8) is 0 Å². The number of imidazole rings is 2. The molecule has 0 fully saturated rings. The number of nitrogens with zero attached hydrogens (tertiary/aromatic N) is 4. The molecule has 0 spiro atoms. The highest BCUT2D eigenvalue weighted by molar-refractivity contribution is 5.61. The highest BCUT2D eigenvalue weighted by atomic mass is 15.2. The number of hydrogen-bond acceptors (Lipinski definition) is 4. The van der Waals surface area contributed by atoms with Crippen LogP contribution in [-0.4, -0.2) is 19.1 Å². The van der Waals surface area contributed by atoms with Crippen LogP contribution in [0.4, 0.5) is 11.9 Å². The summed E-state index contributed by atoms with van der Waals surface area (Å²) in [5.74, 6) is 1.05. The molecule has 136 valence electrons. The minimum absolute atomic E-state index is 0.524. The summed E-state index contributed by atoms with van der Waals surface area (Å²) >= 11 is 0.